The molecule has 1 aromatic heterocycles. The van der Waals surface area contributed by atoms with E-state index in [1.807, 2.05) is 6.92 Å². The molecule has 0 fully saturated rings. The lowest BCUT2D eigenvalue weighted by molar-refractivity contribution is 0.233. The van der Waals surface area contributed by atoms with Crippen molar-refractivity contribution in [3.8, 4) is 0 Å². The predicted octanol–water partition coefficient (Wildman–Crippen LogP) is 1.63. The Kier molecular flexibility index (Phi) is 4.91. The topological polar surface area (TPSA) is 79.3 Å². The number of aromatic nitrogens is 1. The zero-order valence-electron chi connectivity index (χ0n) is 9.60. The molecule has 0 spiro atoms. The van der Waals surface area contributed by atoms with E-state index < -0.39 is 15.6 Å². The third-order valence-corrected chi connectivity index (χ3v) is 5.76. The Morgan fingerprint density at radius 1 is 1.65 bits per heavy atom. The number of rotatable bonds is 6. The van der Waals surface area contributed by atoms with Gasteiger partial charge in [0.1, 0.15) is 0 Å². The standard InChI is InChI=1S/C9H15ClN2O3S2/c1-3-9(2,4-5-13)12-17(14,15)7-6-11-8(10)16-7/h6,12-13H,3-5H2,1-2H3. The van der Waals surface area contributed by atoms with Crippen LogP contribution in [-0.4, -0.2) is 30.7 Å². The normalized spacial score (nSPS) is 15.8. The van der Waals surface area contributed by atoms with Gasteiger partial charge < -0.3 is 5.11 Å². The number of sulfonamides is 1. The van der Waals surface area contributed by atoms with E-state index in [1.165, 1.54) is 6.20 Å². The van der Waals surface area contributed by atoms with Gasteiger partial charge in [-0.25, -0.2) is 18.1 Å². The maximum Gasteiger partial charge on any atom is 0.252 e. The summed E-state index contributed by atoms with van der Waals surface area (Å²) in [5, 5.41) is 8.94. The lowest BCUT2D eigenvalue weighted by Crippen LogP contribution is -2.45. The lowest BCUT2D eigenvalue weighted by Gasteiger charge is -2.28. The molecule has 0 aliphatic rings. The number of nitrogens with zero attached hydrogens (tertiary/aromatic N) is 1. The van der Waals surface area contributed by atoms with Crippen molar-refractivity contribution in [3.05, 3.63) is 10.7 Å². The minimum Gasteiger partial charge on any atom is -0.396 e. The van der Waals surface area contributed by atoms with Gasteiger partial charge in [0, 0.05) is 12.1 Å². The van der Waals surface area contributed by atoms with Crippen LogP contribution >= 0.6 is 22.9 Å². The highest BCUT2D eigenvalue weighted by Crippen LogP contribution is 2.25. The third kappa shape index (κ3) is 3.89. The first-order valence-corrected chi connectivity index (χ1v) is 7.77. The van der Waals surface area contributed by atoms with Crippen molar-refractivity contribution >= 4 is 33.0 Å². The first kappa shape index (κ1) is 14.8. The van der Waals surface area contributed by atoms with Gasteiger partial charge in [-0.05, 0) is 19.8 Å². The van der Waals surface area contributed by atoms with Crippen molar-refractivity contribution in [1.82, 2.24) is 9.71 Å². The second-order valence-corrected chi connectivity index (χ2v) is 7.45. The minimum atomic E-state index is -3.62. The molecule has 0 bridgehead atoms. The molecule has 0 saturated heterocycles. The molecule has 8 heteroatoms. The Bertz CT molecular complexity index is 474. The maximum atomic E-state index is 12.0. The molecule has 0 radical (unpaired) electrons. The number of aliphatic hydroxyl groups excluding tert-OH is 1. The summed E-state index contributed by atoms with van der Waals surface area (Å²) in [5.74, 6) is 0. The number of nitrogens with one attached hydrogen (secondary N) is 1. The third-order valence-electron chi connectivity index (χ3n) is 2.55. The minimum absolute atomic E-state index is 0.0731. The molecule has 2 N–H and O–H groups in total. The van der Waals surface area contributed by atoms with Crippen LogP contribution in [0.15, 0.2) is 10.4 Å². The smallest absolute Gasteiger partial charge is 0.252 e. The van der Waals surface area contributed by atoms with E-state index >= 15 is 0 Å². The molecule has 1 unspecified atom stereocenters. The first-order valence-electron chi connectivity index (χ1n) is 5.09. The SMILES string of the molecule is CCC(C)(CCO)NS(=O)(=O)c1cnc(Cl)s1. The maximum absolute atomic E-state index is 12.0. The molecular formula is C9H15ClN2O3S2. The van der Waals surface area contributed by atoms with Crippen molar-refractivity contribution in [2.75, 3.05) is 6.61 Å². The molecule has 5 nitrogen and oxygen atoms in total. The summed E-state index contributed by atoms with van der Waals surface area (Å²) in [5.41, 5.74) is -0.663. The average molecular weight is 299 g/mol. The van der Waals surface area contributed by atoms with Crippen molar-refractivity contribution < 1.29 is 13.5 Å². The van der Waals surface area contributed by atoms with Gasteiger partial charge in [0.05, 0.1) is 6.20 Å². The van der Waals surface area contributed by atoms with Crippen LogP contribution in [0.4, 0.5) is 0 Å². The van der Waals surface area contributed by atoms with E-state index in [9.17, 15) is 8.42 Å². The molecule has 17 heavy (non-hydrogen) atoms. The van der Waals surface area contributed by atoms with E-state index in [-0.39, 0.29) is 15.3 Å². The zero-order valence-corrected chi connectivity index (χ0v) is 12.0. The van der Waals surface area contributed by atoms with Gasteiger partial charge in [-0.3, -0.25) is 0 Å². The summed E-state index contributed by atoms with van der Waals surface area (Å²) < 4.78 is 26.9. The molecule has 1 rings (SSSR count). The summed E-state index contributed by atoms with van der Waals surface area (Å²) >= 11 is 6.51. The quantitative estimate of drug-likeness (QED) is 0.836. The number of aliphatic hydroxyl groups is 1. The Balaban J connectivity index is 2.93. The highest BCUT2D eigenvalue weighted by atomic mass is 35.5. The summed E-state index contributed by atoms with van der Waals surface area (Å²) in [7, 11) is -3.62. The van der Waals surface area contributed by atoms with E-state index in [0.717, 1.165) is 11.3 Å². The average Bonchev–Trinajstić information content (AvgIpc) is 2.65. The molecule has 0 amide bonds. The molecule has 0 saturated carbocycles. The van der Waals surface area contributed by atoms with Gasteiger partial charge in [-0.1, -0.05) is 29.9 Å². The van der Waals surface area contributed by atoms with Gasteiger partial charge in [0.25, 0.3) is 10.0 Å². The van der Waals surface area contributed by atoms with Gasteiger partial charge in [0.2, 0.25) is 0 Å². The zero-order chi connectivity index (χ0) is 13.1. The molecular weight excluding hydrogens is 284 g/mol. The van der Waals surface area contributed by atoms with Crippen LogP contribution < -0.4 is 4.72 Å². The molecule has 0 aliphatic heterocycles. The number of hydrogen-bond donors (Lipinski definition) is 2. The molecule has 0 aliphatic carbocycles. The fraction of sp³-hybridized carbons (Fsp3) is 0.667. The monoisotopic (exact) mass is 298 g/mol. The van der Waals surface area contributed by atoms with E-state index in [1.54, 1.807) is 6.92 Å². The summed E-state index contributed by atoms with van der Waals surface area (Å²) in [6, 6.07) is 0. The van der Waals surface area contributed by atoms with Crippen LogP contribution in [0.3, 0.4) is 0 Å². The second-order valence-electron chi connectivity index (χ2n) is 3.93. The molecule has 1 atom stereocenters. The van der Waals surface area contributed by atoms with Gasteiger partial charge in [-0.15, -0.1) is 0 Å². The molecule has 1 heterocycles. The van der Waals surface area contributed by atoms with Crippen molar-refractivity contribution in [2.24, 2.45) is 0 Å². The summed E-state index contributed by atoms with van der Waals surface area (Å²) in [4.78, 5) is 3.70. The summed E-state index contributed by atoms with van der Waals surface area (Å²) in [6.07, 6.45) is 2.17. The van der Waals surface area contributed by atoms with E-state index in [4.69, 9.17) is 16.7 Å². The fourth-order valence-electron chi connectivity index (χ4n) is 1.28. The lowest BCUT2D eigenvalue weighted by atomic mass is 9.97. The van der Waals surface area contributed by atoms with Crippen LogP contribution in [0, 0.1) is 0 Å². The predicted molar refractivity (Wildman–Crippen MR) is 67.8 cm³/mol. The van der Waals surface area contributed by atoms with Crippen molar-refractivity contribution in [3.63, 3.8) is 0 Å². The second kappa shape index (κ2) is 5.62. The Labute approximate surface area is 110 Å². The van der Waals surface area contributed by atoms with Crippen molar-refractivity contribution in [1.29, 1.82) is 0 Å². The Hall–Kier alpha value is -0.210. The Morgan fingerprint density at radius 2 is 2.29 bits per heavy atom. The molecule has 0 aromatic carbocycles. The largest absolute Gasteiger partial charge is 0.396 e. The van der Waals surface area contributed by atoms with Crippen LogP contribution in [-0.2, 0) is 10.0 Å². The highest BCUT2D eigenvalue weighted by Gasteiger charge is 2.29. The van der Waals surface area contributed by atoms with E-state index in [0.29, 0.717) is 12.8 Å². The molecule has 1 aromatic rings. The summed E-state index contributed by atoms with van der Waals surface area (Å²) in [6.45, 7) is 3.54. The number of hydrogen-bond acceptors (Lipinski definition) is 5. The van der Waals surface area contributed by atoms with Gasteiger partial charge in [0.15, 0.2) is 8.68 Å². The van der Waals surface area contributed by atoms with Gasteiger partial charge >= 0.3 is 0 Å². The fourth-order valence-corrected chi connectivity index (χ4v) is 4.08. The highest BCUT2D eigenvalue weighted by molar-refractivity contribution is 7.91. The molecule has 98 valence electrons. The van der Waals surface area contributed by atoms with Crippen molar-refractivity contribution in [2.45, 2.75) is 36.4 Å². The van der Waals surface area contributed by atoms with Gasteiger partial charge in [-0.2, -0.15) is 0 Å². The van der Waals surface area contributed by atoms with Crippen LogP contribution in [0.25, 0.3) is 0 Å². The Morgan fingerprint density at radius 3 is 2.71 bits per heavy atom. The number of halogens is 1. The van der Waals surface area contributed by atoms with Crippen LogP contribution in [0.2, 0.25) is 4.47 Å². The van der Waals surface area contributed by atoms with Crippen LogP contribution in [0.5, 0.6) is 0 Å². The van der Waals surface area contributed by atoms with E-state index in [2.05, 4.69) is 9.71 Å². The number of thiazole rings is 1. The van der Waals surface area contributed by atoms with Crippen LogP contribution in [0.1, 0.15) is 26.7 Å². The first-order chi connectivity index (χ1) is 7.83.